The van der Waals surface area contributed by atoms with Gasteiger partial charge in [0.1, 0.15) is 12.2 Å². The number of guanidine groups is 1. The average Bonchev–Trinajstić information content (AvgIpc) is 3.05. The molecule has 8 heteroatoms. The number of aryl methyl sites for hydroxylation is 1. The van der Waals surface area contributed by atoms with Crippen molar-refractivity contribution in [2.24, 2.45) is 4.99 Å². The molecule has 2 rings (SSSR count). The Kier molecular flexibility index (Phi) is 9.97. The summed E-state index contributed by atoms with van der Waals surface area (Å²) in [6.45, 7) is 7.24. The first-order valence-electron chi connectivity index (χ1n) is 8.12. The van der Waals surface area contributed by atoms with Gasteiger partial charge in [-0.2, -0.15) is 0 Å². The minimum atomic E-state index is 0. The molecule has 7 nitrogen and oxygen atoms in total. The Bertz CT molecular complexity index is 597. The molecule has 0 saturated heterocycles. The molecular formula is C16H26IN7. The Balaban J connectivity index is 0.00000288. The number of hydrogen-bond donors (Lipinski definition) is 2. The van der Waals surface area contributed by atoms with Crippen molar-refractivity contribution >= 4 is 29.9 Å². The molecule has 0 aliphatic carbocycles. The number of nitrogens with one attached hydrogen (secondary N) is 2. The molecule has 0 atom stereocenters. The van der Waals surface area contributed by atoms with E-state index < -0.39 is 0 Å². The normalized spacial score (nSPS) is 11.0. The zero-order chi connectivity index (χ0) is 16.3. The first kappa shape index (κ1) is 20.3. The molecule has 2 aromatic rings. The fourth-order valence-electron chi connectivity index (χ4n) is 2.10. The zero-order valence-corrected chi connectivity index (χ0v) is 16.6. The van der Waals surface area contributed by atoms with Crippen LogP contribution < -0.4 is 10.6 Å². The van der Waals surface area contributed by atoms with Crippen LogP contribution in [-0.4, -0.2) is 38.8 Å². The molecule has 24 heavy (non-hydrogen) atoms. The molecule has 0 saturated carbocycles. The number of aliphatic imine (C=N–C) groups is 1. The number of hydrogen-bond acceptors (Lipinski definition) is 4. The summed E-state index contributed by atoms with van der Waals surface area (Å²) in [7, 11) is 0. The second-order valence-electron chi connectivity index (χ2n) is 5.13. The third-order valence-electron chi connectivity index (χ3n) is 3.32. The van der Waals surface area contributed by atoms with E-state index in [4.69, 9.17) is 0 Å². The minimum absolute atomic E-state index is 0. The monoisotopic (exact) mass is 443 g/mol. The van der Waals surface area contributed by atoms with Crippen LogP contribution in [0.4, 0.5) is 0 Å². The van der Waals surface area contributed by atoms with Gasteiger partial charge in [-0.3, -0.25) is 4.98 Å². The van der Waals surface area contributed by atoms with Crippen LogP contribution in [0.3, 0.4) is 0 Å². The Labute approximate surface area is 160 Å². The first-order valence-corrected chi connectivity index (χ1v) is 8.12. The van der Waals surface area contributed by atoms with Crippen LogP contribution in [0.15, 0.2) is 35.7 Å². The average molecular weight is 443 g/mol. The highest BCUT2D eigenvalue weighted by Crippen LogP contribution is 1.96. The van der Waals surface area contributed by atoms with Crippen LogP contribution in [0.5, 0.6) is 0 Å². The molecule has 0 spiro atoms. The fraction of sp³-hybridized carbons (Fsp3) is 0.500. The van der Waals surface area contributed by atoms with Gasteiger partial charge in [0.05, 0.1) is 12.2 Å². The van der Waals surface area contributed by atoms with Crippen LogP contribution in [0.25, 0.3) is 0 Å². The summed E-state index contributed by atoms with van der Waals surface area (Å²) in [5, 5.41) is 14.7. The van der Waals surface area contributed by atoms with Gasteiger partial charge in [-0.25, -0.2) is 4.99 Å². The van der Waals surface area contributed by atoms with Gasteiger partial charge in [-0.15, -0.1) is 34.2 Å². The quantitative estimate of drug-likeness (QED) is 0.371. The highest BCUT2D eigenvalue weighted by atomic mass is 127. The fourth-order valence-corrected chi connectivity index (χ4v) is 2.10. The largest absolute Gasteiger partial charge is 0.356 e. The van der Waals surface area contributed by atoms with E-state index in [0.717, 1.165) is 50.0 Å². The van der Waals surface area contributed by atoms with E-state index in [2.05, 4.69) is 49.2 Å². The zero-order valence-electron chi connectivity index (χ0n) is 14.3. The van der Waals surface area contributed by atoms with E-state index in [9.17, 15) is 0 Å². The Morgan fingerprint density at radius 2 is 2.04 bits per heavy atom. The lowest BCUT2D eigenvalue weighted by Gasteiger charge is -2.12. The summed E-state index contributed by atoms with van der Waals surface area (Å²) < 4.78 is 2.06. The predicted octanol–water partition coefficient (Wildman–Crippen LogP) is 2.00. The topological polar surface area (TPSA) is 80.0 Å². The molecule has 0 radical (unpaired) electrons. The van der Waals surface area contributed by atoms with Gasteiger partial charge in [-0.05, 0) is 18.6 Å². The van der Waals surface area contributed by atoms with Crippen molar-refractivity contribution in [1.82, 2.24) is 30.4 Å². The smallest absolute Gasteiger partial charge is 0.191 e. The van der Waals surface area contributed by atoms with E-state index in [1.807, 2.05) is 18.2 Å². The SMILES string of the molecule is CCCNC(=NCc1ccccn1)NCCn1cnnc1CC.I. The predicted molar refractivity (Wildman–Crippen MR) is 106 cm³/mol. The number of pyridine rings is 1. The van der Waals surface area contributed by atoms with Crippen LogP contribution in [0.1, 0.15) is 31.8 Å². The van der Waals surface area contributed by atoms with Crippen LogP contribution in [0, 0.1) is 0 Å². The molecule has 2 N–H and O–H groups in total. The van der Waals surface area contributed by atoms with E-state index >= 15 is 0 Å². The summed E-state index contributed by atoms with van der Waals surface area (Å²) in [6.07, 6.45) is 5.49. The van der Waals surface area contributed by atoms with Gasteiger partial charge in [0.2, 0.25) is 0 Å². The van der Waals surface area contributed by atoms with Crippen molar-refractivity contribution in [2.45, 2.75) is 39.8 Å². The lowest BCUT2D eigenvalue weighted by Crippen LogP contribution is -2.39. The third-order valence-corrected chi connectivity index (χ3v) is 3.32. The first-order chi connectivity index (χ1) is 11.3. The molecule has 2 heterocycles. The molecule has 0 aliphatic heterocycles. The molecular weight excluding hydrogens is 417 g/mol. The molecule has 0 amide bonds. The summed E-state index contributed by atoms with van der Waals surface area (Å²) in [5.41, 5.74) is 0.956. The Hall–Kier alpha value is -1.71. The van der Waals surface area contributed by atoms with Crippen molar-refractivity contribution in [3.63, 3.8) is 0 Å². The van der Waals surface area contributed by atoms with Crippen molar-refractivity contribution in [3.8, 4) is 0 Å². The van der Waals surface area contributed by atoms with E-state index in [1.54, 1.807) is 12.5 Å². The Morgan fingerprint density at radius 3 is 2.75 bits per heavy atom. The minimum Gasteiger partial charge on any atom is -0.356 e. The number of nitrogens with zero attached hydrogens (tertiary/aromatic N) is 5. The van der Waals surface area contributed by atoms with E-state index in [-0.39, 0.29) is 24.0 Å². The van der Waals surface area contributed by atoms with Crippen LogP contribution in [0.2, 0.25) is 0 Å². The van der Waals surface area contributed by atoms with Crippen molar-refractivity contribution in [2.75, 3.05) is 13.1 Å². The molecule has 2 aromatic heterocycles. The van der Waals surface area contributed by atoms with Gasteiger partial charge >= 0.3 is 0 Å². The van der Waals surface area contributed by atoms with Crippen molar-refractivity contribution in [3.05, 3.63) is 42.2 Å². The van der Waals surface area contributed by atoms with Gasteiger partial charge in [0, 0.05) is 32.3 Å². The number of aromatic nitrogens is 4. The molecule has 0 aliphatic rings. The highest BCUT2D eigenvalue weighted by Gasteiger charge is 2.02. The van der Waals surface area contributed by atoms with Gasteiger partial charge in [0.15, 0.2) is 5.96 Å². The van der Waals surface area contributed by atoms with E-state index in [1.165, 1.54) is 0 Å². The maximum Gasteiger partial charge on any atom is 0.191 e. The van der Waals surface area contributed by atoms with Gasteiger partial charge in [-0.1, -0.05) is 19.9 Å². The van der Waals surface area contributed by atoms with Crippen molar-refractivity contribution in [1.29, 1.82) is 0 Å². The lowest BCUT2D eigenvalue weighted by atomic mass is 10.3. The Morgan fingerprint density at radius 1 is 1.21 bits per heavy atom. The number of halogens is 1. The van der Waals surface area contributed by atoms with Crippen LogP contribution >= 0.6 is 24.0 Å². The summed E-state index contributed by atoms with van der Waals surface area (Å²) in [6, 6.07) is 5.86. The summed E-state index contributed by atoms with van der Waals surface area (Å²) in [4.78, 5) is 8.88. The summed E-state index contributed by atoms with van der Waals surface area (Å²) >= 11 is 0. The molecule has 132 valence electrons. The molecule has 0 unspecified atom stereocenters. The van der Waals surface area contributed by atoms with Gasteiger partial charge < -0.3 is 15.2 Å². The third kappa shape index (κ3) is 6.81. The van der Waals surface area contributed by atoms with Gasteiger partial charge in [0.25, 0.3) is 0 Å². The summed E-state index contributed by atoms with van der Waals surface area (Å²) in [5.74, 6) is 1.81. The maximum atomic E-state index is 4.58. The molecule has 0 aromatic carbocycles. The maximum absolute atomic E-state index is 4.58. The number of rotatable bonds is 8. The second-order valence-corrected chi connectivity index (χ2v) is 5.13. The standard InChI is InChI=1S/C16H25N7.HI/c1-3-8-18-16(20-12-14-7-5-6-9-17-14)19-10-11-23-13-21-22-15(23)4-2;/h5-7,9,13H,3-4,8,10-12H2,1-2H3,(H2,18,19,20);1H. The van der Waals surface area contributed by atoms with Crippen molar-refractivity contribution < 1.29 is 0 Å². The molecule has 0 fully saturated rings. The highest BCUT2D eigenvalue weighted by molar-refractivity contribution is 14.0. The lowest BCUT2D eigenvalue weighted by molar-refractivity contribution is 0.630. The van der Waals surface area contributed by atoms with Crippen LogP contribution in [-0.2, 0) is 19.5 Å². The van der Waals surface area contributed by atoms with E-state index in [0.29, 0.717) is 6.54 Å². The second kappa shape index (κ2) is 11.8. The molecule has 0 bridgehead atoms.